The molecular formula is C22H24ClFN2O. The van der Waals surface area contributed by atoms with Gasteiger partial charge in [0.15, 0.2) is 0 Å². The van der Waals surface area contributed by atoms with E-state index < -0.39 is 0 Å². The van der Waals surface area contributed by atoms with Crippen LogP contribution in [0.25, 0.3) is 10.8 Å². The molecule has 1 heterocycles. The maximum absolute atomic E-state index is 13.0. The van der Waals surface area contributed by atoms with Crippen molar-refractivity contribution in [3.05, 3.63) is 72.5 Å². The lowest BCUT2D eigenvalue weighted by Crippen LogP contribution is -2.47. The van der Waals surface area contributed by atoms with Gasteiger partial charge in [-0.3, -0.25) is 4.90 Å². The molecule has 1 aliphatic rings. The molecule has 3 aromatic rings. The van der Waals surface area contributed by atoms with Crippen LogP contribution in [-0.2, 0) is 0 Å². The molecule has 0 aromatic heterocycles. The molecule has 1 saturated heterocycles. The Morgan fingerprint density at radius 1 is 0.815 bits per heavy atom. The highest BCUT2D eigenvalue weighted by Crippen LogP contribution is 2.21. The number of halogens is 2. The molecule has 3 aromatic carbocycles. The molecular weight excluding hydrogens is 363 g/mol. The molecule has 3 nitrogen and oxygen atoms in total. The Morgan fingerprint density at radius 3 is 2.26 bits per heavy atom. The lowest BCUT2D eigenvalue weighted by atomic mass is 10.1. The fourth-order valence-electron chi connectivity index (χ4n) is 3.43. The summed E-state index contributed by atoms with van der Waals surface area (Å²) in [4.78, 5) is 4.72. The highest BCUT2D eigenvalue weighted by molar-refractivity contribution is 5.85. The molecule has 1 aliphatic heterocycles. The van der Waals surface area contributed by atoms with E-state index in [1.54, 1.807) is 0 Å². The van der Waals surface area contributed by atoms with E-state index in [9.17, 15) is 4.39 Å². The molecule has 0 spiro atoms. The molecule has 0 N–H and O–H groups in total. The maximum Gasteiger partial charge on any atom is 0.123 e. The highest BCUT2D eigenvalue weighted by Gasteiger charge is 2.17. The largest absolute Gasteiger partial charge is 0.492 e. The molecule has 0 radical (unpaired) electrons. The smallest absolute Gasteiger partial charge is 0.123 e. The van der Waals surface area contributed by atoms with Crippen LogP contribution in [-0.4, -0.2) is 44.2 Å². The van der Waals surface area contributed by atoms with Gasteiger partial charge in [-0.1, -0.05) is 30.3 Å². The Hall–Kier alpha value is -2.30. The summed E-state index contributed by atoms with van der Waals surface area (Å²) in [5, 5.41) is 2.44. The van der Waals surface area contributed by atoms with Crippen molar-refractivity contribution in [2.75, 3.05) is 44.2 Å². The minimum atomic E-state index is -0.182. The first-order chi connectivity index (χ1) is 12.8. The van der Waals surface area contributed by atoms with Crippen molar-refractivity contribution in [3.8, 4) is 5.75 Å². The Labute approximate surface area is 165 Å². The molecule has 0 bridgehead atoms. The molecule has 4 rings (SSSR count). The summed E-state index contributed by atoms with van der Waals surface area (Å²) < 4.78 is 19.0. The van der Waals surface area contributed by atoms with E-state index >= 15 is 0 Å². The van der Waals surface area contributed by atoms with E-state index in [1.165, 1.54) is 22.9 Å². The van der Waals surface area contributed by atoms with Crippen molar-refractivity contribution < 1.29 is 9.13 Å². The number of ether oxygens (including phenoxy) is 1. The Balaban J connectivity index is 0.00000210. The van der Waals surface area contributed by atoms with Crippen molar-refractivity contribution in [2.24, 2.45) is 0 Å². The minimum Gasteiger partial charge on any atom is -0.492 e. The van der Waals surface area contributed by atoms with Crippen molar-refractivity contribution in [1.82, 2.24) is 4.90 Å². The normalized spacial score (nSPS) is 14.8. The average molecular weight is 387 g/mol. The number of hydrogen-bond donors (Lipinski definition) is 0. The van der Waals surface area contributed by atoms with Crippen LogP contribution in [0.2, 0.25) is 0 Å². The third-order valence-corrected chi connectivity index (χ3v) is 4.96. The van der Waals surface area contributed by atoms with Gasteiger partial charge in [0.2, 0.25) is 0 Å². The Morgan fingerprint density at radius 2 is 1.52 bits per heavy atom. The molecule has 1 fully saturated rings. The third kappa shape index (κ3) is 4.90. The topological polar surface area (TPSA) is 15.7 Å². The van der Waals surface area contributed by atoms with Gasteiger partial charge in [0.05, 0.1) is 0 Å². The van der Waals surface area contributed by atoms with Crippen LogP contribution in [0, 0.1) is 5.82 Å². The molecule has 27 heavy (non-hydrogen) atoms. The standard InChI is InChI=1S/C22H23FN2O.ClH/c23-20-6-8-21(9-7-20)25-13-11-24(12-14-25)15-16-26-22-10-5-18-3-1-2-4-19(18)17-22;/h1-10,17H,11-16H2;1H. The Bertz CT molecular complexity index is 864. The molecule has 0 saturated carbocycles. The van der Waals surface area contributed by atoms with Gasteiger partial charge >= 0.3 is 0 Å². The van der Waals surface area contributed by atoms with Gasteiger partial charge in [-0.15, -0.1) is 12.4 Å². The van der Waals surface area contributed by atoms with Crippen molar-refractivity contribution in [2.45, 2.75) is 0 Å². The van der Waals surface area contributed by atoms with Gasteiger partial charge in [0, 0.05) is 38.4 Å². The second kappa shape index (κ2) is 9.07. The van der Waals surface area contributed by atoms with Crippen molar-refractivity contribution >= 4 is 28.9 Å². The third-order valence-electron chi connectivity index (χ3n) is 4.96. The van der Waals surface area contributed by atoms with Crippen LogP contribution in [0.3, 0.4) is 0 Å². The number of benzene rings is 3. The molecule has 142 valence electrons. The van der Waals surface area contributed by atoms with Crippen LogP contribution in [0.15, 0.2) is 66.7 Å². The zero-order chi connectivity index (χ0) is 17.8. The van der Waals surface area contributed by atoms with Crippen LogP contribution < -0.4 is 9.64 Å². The molecule has 0 amide bonds. The van der Waals surface area contributed by atoms with Gasteiger partial charge in [-0.05, 0) is 47.2 Å². The van der Waals surface area contributed by atoms with Gasteiger partial charge in [0.1, 0.15) is 18.2 Å². The number of piperazine rings is 1. The monoisotopic (exact) mass is 386 g/mol. The lowest BCUT2D eigenvalue weighted by molar-refractivity contribution is 0.200. The first-order valence-corrected chi connectivity index (χ1v) is 9.12. The molecule has 0 unspecified atom stereocenters. The first kappa shape index (κ1) is 19.5. The van der Waals surface area contributed by atoms with Crippen LogP contribution in [0.1, 0.15) is 0 Å². The zero-order valence-corrected chi connectivity index (χ0v) is 16.0. The van der Waals surface area contributed by atoms with E-state index in [4.69, 9.17) is 4.74 Å². The lowest BCUT2D eigenvalue weighted by Gasteiger charge is -2.36. The van der Waals surface area contributed by atoms with Crippen molar-refractivity contribution in [1.29, 1.82) is 0 Å². The zero-order valence-electron chi connectivity index (χ0n) is 15.2. The number of hydrogen-bond acceptors (Lipinski definition) is 3. The fraction of sp³-hybridized carbons (Fsp3) is 0.273. The second-order valence-electron chi connectivity index (χ2n) is 6.66. The fourth-order valence-corrected chi connectivity index (χ4v) is 3.43. The van der Waals surface area contributed by atoms with Gasteiger partial charge in [-0.25, -0.2) is 4.39 Å². The van der Waals surface area contributed by atoms with Crippen LogP contribution in [0.4, 0.5) is 10.1 Å². The number of rotatable bonds is 5. The quantitative estimate of drug-likeness (QED) is 0.637. The summed E-state index contributed by atoms with van der Waals surface area (Å²) in [6, 6.07) is 21.3. The highest BCUT2D eigenvalue weighted by atomic mass is 35.5. The van der Waals surface area contributed by atoms with E-state index in [0.29, 0.717) is 6.61 Å². The summed E-state index contributed by atoms with van der Waals surface area (Å²) >= 11 is 0. The number of fused-ring (bicyclic) bond motifs is 1. The average Bonchev–Trinajstić information content (AvgIpc) is 2.69. The van der Waals surface area contributed by atoms with E-state index in [-0.39, 0.29) is 18.2 Å². The Kier molecular flexibility index (Phi) is 6.54. The van der Waals surface area contributed by atoms with Crippen LogP contribution in [0.5, 0.6) is 5.75 Å². The van der Waals surface area contributed by atoms with E-state index in [2.05, 4.69) is 40.1 Å². The second-order valence-corrected chi connectivity index (χ2v) is 6.66. The summed E-state index contributed by atoms with van der Waals surface area (Å²) in [5.74, 6) is 0.742. The van der Waals surface area contributed by atoms with Crippen molar-refractivity contribution in [3.63, 3.8) is 0 Å². The van der Waals surface area contributed by atoms with Gasteiger partial charge in [0.25, 0.3) is 0 Å². The van der Waals surface area contributed by atoms with Gasteiger partial charge in [-0.2, -0.15) is 0 Å². The predicted molar refractivity (Wildman–Crippen MR) is 112 cm³/mol. The van der Waals surface area contributed by atoms with E-state index in [0.717, 1.165) is 44.2 Å². The predicted octanol–water partition coefficient (Wildman–Crippen LogP) is 4.60. The first-order valence-electron chi connectivity index (χ1n) is 9.12. The number of nitrogens with zero attached hydrogens (tertiary/aromatic N) is 2. The summed E-state index contributed by atoms with van der Waals surface area (Å²) in [5.41, 5.74) is 1.10. The summed E-state index contributed by atoms with van der Waals surface area (Å²) in [6.07, 6.45) is 0. The molecule has 0 aliphatic carbocycles. The van der Waals surface area contributed by atoms with Crippen LogP contribution >= 0.6 is 12.4 Å². The van der Waals surface area contributed by atoms with E-state index in [1.807, 2.05) is 24.3 Å². The molecule has 0 atom stereocenters. The van der Waals surface area contributed by atoms with Gasteiger partial charge < -0.3 is 9.64 Å². The SMILES string of the molecule is Cl.Fc1ccc(N2CCN(CCOc3ccc4ccccc4c3)CC2)cc1. The minimum absolute atomic E-state index is 0. The number of anilines is 1. The maximum atomic E-state index is 13.0. The summed E-state index contributed by atoms with van der Waals surface area (Å²) in [7, 11) is 0. The summed E-state index contributed by atoms with van der Waals surface area (Å²) in [6.45, 7) is 5.53. The molecule has 5 heteroatoms.